The Bertz CT molecular complexity index is 1090. The molecule has 0 aromatic heterocycles. The summed E-state index contributed by atoms with van der Waals surface area (Å²) in [6.07, 6.45) is 0. The summed E-state index contributed by atoms with van der Waals surface area (Å²) in [6.45, 7) is 1.14. The lowest BCUT2D eigenvalue weighted by Gasteiger charge is -2.14. The minimum Gasteiger partial charge on any atom is -0.495 e. The first-order chi connectivity index (χ1) is 15.0. The zero-order valence-corrected chi connectivity index (χ0v) is 17.6. The van der Waals surface area contributed by atoms with Gasteiger partial charge in [0.1, 0.15) is 5.75 Å². The van der Waals surface area contributed by atoms with E-state index in [-0.39, 0.29) is 21.8 Å². The molecule has 7 nitrogen and oxygen atoms in total. The first-order valence-electron chi connectivity index (χ1n) is 9.53. The van der Waals surface area contributed by atoms with Crippen LogP contribution in [0.4, 0.5) is 17.1 Å². The van der Waals surface area contributed by atoms with E-state index in [1.165, 1.54) is 6.07 Å². The Morgan fingerprint density at radius 3 is 2.35 bits per heavy atom. The van der Waals surface area contributed by atoms with Crippen LogP contribution in [-0.2, 0) is 0 Å². The summed E-state index contributed by atoms with van der Waals surface area (Å²) in [5.41, 5.74) is 1.92. The van der Waals surface area contributed by atoms with Gasteiger partial charge in [-0.3, -0.25) is 4.79 Å². The first-order valence-corrected chi connectivity index (χ1v) is 9.91. The van der Waals surface area contributed by atoms with Crippen LogP contribution >= 0.6 is 11.6 Å². The van der Waals surface area contributed by atoms with Crippen molar-refractivity contribution in [3.63, 3.8) is 0 Å². The number of rotatable bonds is 9. The van der Waals surface area contributed by atoms with Crippen molar-refractivity contribution in [3.05, 3.63) is 82.9 Å². The molecule has 0 bridgehead atoms. The molecule has 1 amide bonds. The fraction of sp³-hybridized carbons (Fsp3) is 0.130. The molecule has 160 valence electrons. The number of methoxy groups -OCH3 is 1. The van der Waals surface area contributed by atoms with Gasteiger partial charge in [0.15, 0.2) is 0 Å². The number of aromatic carboxylic acids is 1. The summed E-state index contributed by atoms with van der Waals surface area (Å²) < 4.78 is 5.30. The minimum atomic E-state index is -1.15. The molecule has 3 rings (SSSR count). The third-order valence-electron chi connectivity index (χ3n) is 4.49. The highest BCUT2D eigenvalue weighted by Gasteiger charge is 2.16. The molecule has 4 N–H and O–H groups in total. The Hall–Kier alpha value is -3.71. The van der Waals surface area contributed by atoms with Crippen molar-refractivity contribution in [2.75, 3.05) is 36.1 Å². The lowest BCUT2D eigenvalue weighted by atomic mass is 10.1. The van der Waals surface area contributed by atoms with Crippen LogP contribution in [0.25, 0.3) is 0 Å². The number of nitrogens with one attached hydrogen (secondary N) is 3. The van der Waals surface area contributed by atoms with Crippen molar-refractivity contribution < 1.29 is 19.4 Å². The number of hydrogen-bond donors (Lipinski definition) is 4. The number of hydrogen-bond acceptors (Lipinski definition) is 5. The van der Waals surface area contributed by atoms with Crippen molar-refractivity contribution in [2.24, 2.45) is 0 Å². The largest absolute Gasteiger partial charge is 0.495 e. The monoisotopic (exact) mass is 439 g/mol. The molecule has 0 saturated carbocycles. The Balaban J connectivity index is 1.64. The van der Waals surface area contributed by atoms with Gasteiger partial charge in [0, 0.05) is 18.8 Å². The smallest absolute Gasteiger partial charge is 0.337 e. The topological polar surface area (TPSA) is 99.7 Å². The van der Waals surface area contributed by atoms with E-state index < -0.39 is 11.9 Å². The fourth-order valence-corrected chi connectivity index (χ4v) is 3.19. The summed E-state index contributed by atoms with van der Waals surface area (Å²) in [5, 5.41) is 18.9. The summed E-state index contributed by atoms with van der Waals surface area (Å²) >= 11 is 6.05. The second kappa shape index (κ2) is 10.4. The zero-order chi connectivity index (χ0) is 22.2. The van der Waals surface area contributed by atoms with E-state index in [1.54, 1.807) is 43.5 Å². The van der Waals surface area contributed by atoms with Crippen molar-refractivity contribution in [3.8, 4) is 5.75 Å². The predicted octanol–water partition coefficient (Wildman–Crippen LogP) is 4.82. The number of amides is 1. The summed E-state index contributed by atoms with van der Waals surface area (Å²) in [4.78, 5) is 24.2. The number of halogens is 1. The third-order valence-corrected chi connectivity index (χ3v) is 4.82. The number of anilines is 3. The van der Waals surface area contributed by atoms with Crippen LogP contribution in [0.5, 0.6) is 5.75 Å². The molecule has 0 heterocycles. The van der Waals surface area contributed by atoms with E-state index in [1.807, 2.05) is 24.3 Å². The number of para-hydroxylation sites is 2. The first kappa shape index (κ1) is 22.0. The Morgan fingerprint density at radius 2 is 1.61 bits per heavy atom. The Kier molecular flexibility index (Phi) is 7.35. The van der Waals surface area contributed by atoms with Crippen molar-refractivity contribution in [1.82, 2.24) is 0 Å². The lowest BCUT2D eigenvalue weighted by Crippen LogP contribution is -2.17. The van der Waals surface area contributed by atoms with Crippen molar-refractivity contribution in [2.45, 2.75) is 0 Å². The van der Waals surface area contributed by atoms with Gasteiger partial charge in [-0.1, -0.05) is 35.9 Å². The number of ether oxygens (including phenoxy) is 1. The van der Waals surface area contributed by atoms with Crippen LogP contribution in [0.3, 0.4) is 0 Å². The maximum atomic E-state index is 12.5. The van der Waals surface area contributed by atoms with Gasteiger partial charge in [-0.25, -0.2) is 4.79 Å². The summed E-state index contributed by atoms with van der Waals surface area (Å²) in [5.74, 6) is -0.880. The Labute approximate surface area is 185 Å². The van der Waals surface area contributed by atoms with Crippen LogP contribution in [0.2, 0.25) is 5.02 Å². The molecule has 0 spiro atoms. The maximum absolute atomic E-state index is 12.5. The molecule has 3 aromatic carbocycles. The normalized spacial score (nSPS) is 10.3. The van der Waals surface area contributed by atoms with Gasteiger partial charge >= 0.3 is 5.97 Å². The number of carbonyl (C=O) groups excluding carboxylic acids is 1. The molecule has 0 atom stereocenters. The van der Waals surface area contributed by atoms with Gasteiger partial charge in [0.25, 0.3) is 5.91 Å². The minimum absolute atomic E-state index is 0.0249. The number of carboxylic acids is 1. The average Bonchev–Trinajstić information content (AvgIpc) is 2.77. The second-order valence-corrected chi connectivity index (χ2v) is 6.96. The molecule has 0 aliphatic carbocycles. The lowest BCUT2D eigenvalue weighted by molar-refractivity contribution is 0.0698. The highest BCUT2D eigenvalue weighted by molar-refractivity contribution is 6.34. The summed E-state index contributed by atoms with van der Waals surface area (Å²) in [7, 11) is 1.61. The van der Waals surface area contributed by atoms with Crippen LogP contribution in [0.1, 0.15) is 20.7 Å². The molecular formula is C23H22ClN3O4. The highest BCUT2D eigenvalue weighted by atomic mass is 35.5. The SMILES string of the molecule is COc1ccccc1NCCNc1ccc(NC(=O)c2ccccc2Cl)c(C(=O)O)c1. The molecule has 8 heteroatoms. The zero-order valence-electron chi connectivity index (χ0n) is 16.8. The van der Waals surface area contributed by atoms with Crippen LogP contribution in [0.15, 0.2) is 66.7 Å². The van der Waals surface area contributed by atoms with Gasteiger partial charge in [0.05, 0.1) is 34.6 Å². The molecule has 0 saturated heterocycles. The van der Waals surface area contributed by atoms with E-state index in [0.717, 1.165) is 11.4 Å². The molecule has 0 fully saturated rings. The van der Waals surface area contributed by atoms with Crippen LogP contribution < -0.4 is 20.7 Å². The fourth-order valence-electron chi connectivity index (χ4n) is 2.97. The predicted molar refractivity (Wildman–Crippen MR) is 123 cm³/mol. The number of benzene rings is 3. The van der Waals surface area contributed by atoms with Crippen LogP contribution in [-0.4, -0.2) is 37.2 Å². The number of carbonyl (C=O) groups is 2. The van der Waals surface area contributed by atoms with E-state index in [4.69, 9.17) is 16.3 Å². The van der Waals surface area contributed by atoms with Crippen molar-refractivity contribution in [1.29, 1.82) is 0 Å². The van der Waals surface area contributed by atoms with Crippen LogP contribution in [0, 0.1) is 0 Å². The van der Waals surface area contributed by atoms with E-state index in [9.17, 15) is 14.7 Å². The van der Waals surface area contributed by atoms with Gasteiger partial charge in [0.2, 0.25) is 0 Å². The van der Waals surface area contributed by atoms with E-state index >= 15 is 0 Å². The van der Waals surface area contributed by atoms with Gasteiger partial charge < -0.3 is 25.8 Å². The molecular weight excluding hydrogens is 418 g/mol. The quantitative estimate of drug-likeness (QED) is 0.356. The summed E-state index contributed by atoms with van der Waals surface area (Å²) in [6, 6.07) is 18.9. The molecule has 31 heavy (non-hydrogen) atoms. The number of carboxylic acid groups (broad SMARTS) is 1. The highest BCUT2D eigenvalue weighted by Crippen LogP contribution is 2.24. The molecule has 0 aliphatic heterocycles. The van der Waals surface area contributed by atoms with Gasteiger partial charge in [-0.2, -0.15) is 0 Å². The standard InChI is InChI=1S/C23H22ClN3O4/c1-31-21-9-5-4-8-20(21)26-13-12-25-15-10-11-19(17(14-15)23(29)30)27-22(28)16-6-2-3-7-18(16)24/h2-11,14,25-26H,12-13H2,1H3,(H,27,28)(H,29,30). The average molecular weight is 440 g/mol. The second-order valence-electron chi connectivity index (χ2n) is 6.55. The maximum Gasteiger partial charge on any atom is 0.337 e. The van der Waals surface area contributed by atoms with E-state index in [2.05, 4.69) is 16.0 Å². The third kappa shape index (κ3) is 5.67. The van der Waals surface area contributed by atoms with Crippen molar-refractivity contribution >= 4 is 40.5 Å². The Morgan fingerprint density at radius 1 is 0.903 bits per heavy atom. The molecule has 0 radical (unpaired) electrons. The van der Waals surface area contributed by atoms with Gasteiger partial charge in [-0.05, 0) is 42.5 Å². The molecule has 0 aliphatic rings. The van der Waals surface area contributed by atoms with E-state index in [0.29, 0.717) is 18.8 Å². The molecule has 0 unspecified atom stereocenters. The van der Waals surface area contributed by atoms with Gasteiger partial charge in [-0.15, -0.1) is 0 Å². The molecule has 3 aromatic rings.